The van der Waals surface area contributed by atoms with E-state index in [4.69, 9.17) is 0 Å². The Hall–Kier alpha value is -2.16. The predicted molar refractivity (Wildman–Crippen MR) is 142 cm³/mol. The van der Waals surface area contributed by atoms with Crippen molar-refractivity contribution < 1.29 is 18.3 Å². The Morgan fingerprint density at radius 1 is 1.06 bits per heavy atom. The fourth-order valence-electron chi connectivity index (χ4n) is 7.61. The summed E-state index contributed by atoms with van der Waals surface area (Å²) in [4.78, 5) is 12.6. The molecule has 0 radical (unpaired) electrons. The molecule has 0 amide bonds. The van der Waals surface area contributed by atoms with Crippen LogP contribution in [0.4, 0.5) is 0 Å². The maximum absolute atomic E-state index is 13.0. The fourth-order valence-corrected chi connectivity index (χ4v) is 8.81. The Morgan fingerprint density at radius 3 is 2.39 bits per heavy atom. The number of carbonyl (C=O) groups excluding carboxylic acids is 1. The average molecular weight is 507 g/mol. The smallest absolute Gasteiger partial charge is 0.183 e. The third-order valence-electron chi connectivity index (χ3n) is 9.62. The highest BCUT2D eigenvalue weighted by atomic mass is 32.2. The molecule has 2 fully saturated rings. The first kappa shape index (κ1) is 25.5. The van der Waals surface area contributed by atoms with Gasteiger partial charge in [0, 0.05) is 17.8 Å². The van der Waals surface area contributed by atoms with E-state index in [1.165, 1.54) is 16.7 Å². The molecule has 0 bridgehead atoms. The van der Waals surface area contributed by atoms with Gasteiger partial charge in [-0.1, -0.05) is 30.6 Å². The summed E-state index contributed by atoms with van der Waals surface area (Å²) < 4.78 is 25.2. The van der Waals surface area contributed by atoms with Crippen molar-refractivity contribution in [1.29, 1.82) is 0 Å². The molecule has 5 heteroatoms. The number of hydrogen-bond donors (Lipinski definition) is 1. The number of sulfone groups is 1. The summed E-state index contributed by atoms with van der Waals surface area (Å²) in [5.41, 5.74) is 3.70. The summed E-state index contributed by atoms with van der Waals surface area (Å²) in [5, 5.41) is 11.8. The molecule has 1 N–H and O–H groups in total. The van der Waals surface area contributed by atoms with Crippen LogP contribution >= 0.6 is 0 Å². The van der Waals surface area contributed by atoms with Crippen molar-refractivity contribution in [2.45, 2.75) is 101 Å². The van der Waals surface area contributed by atoms with Gasteiger partial charge in [-0.15, -0.1) is 5.92 Å². The van der Waals surface area contributed by atoms with E-state index in [1.54, 1.807) is 39.8 Å². The number of hydrogen-bond acceptors (Lipinski definition) is 4. The number of rotatable bonds is 2. The van der Waals surface area contributed by atoms with Gasteiger partial charge in [0.2, 0.25) is 0 Å². The standard InChI is InChI=1S/C31H38O4S/c1-6-16-31(33)17-15-27-25-13-9-21-18-22(32)10-14-24(21)28(25)26(19-30(27,31)5)20-7-11-23(12-8-20)36(34,35)29(2,3)4/h7-8,11-12,18,25-27,33H,9-10,13-15,17,19H2,1-5H3/t25-,26+,27-,30-,31-/m0/s1. The molecule has 5 rings (SSSR count). The van der Waals surface area contributed by atoms with Crippen molar-refractivity contribution in [2.75, 3.05) is 0 Å². The third kappa shape index (κ3) is 3.67. The monoisotopic (exact) mass is 506 g/mol. The quantitative estimate of drug-likeness (QED) is 0.506. The molecule has 0 aliphatic heterocycles. The molecule has 1 aromatic rings. The van der Waals surface area contributed by atoms with E-state index >= 15 is 0 Å². The SMILES string of the molecule is CC#C[C@]1(O)CC[C@H]2[C@@H]3CCC4=CC(=O)CCC4=C3[C@@H](c3ccc(S(=O)(=O)C(C)(C)C)cc3)C[C@@]21C. The summed E-state index contributed by atoms with van der Waals surface area (Å²) >= 11 is 0. The van der Waals surface area contributed by atoms with Crippen LogP contribution < -0.4 is 0 Å². The second kappa shape index (κ2) is 8.43. The number of fused-ring (bicyclic) bond motifs is 4. The molecular weight excluding hydrogens is 468 g/mol. The van der Waals surface area contributed by atoms with Gasteiger partial charge in [-0.25, -0.2) is 8.42 Å². The number of allylic oxidation sites excluding steroid dienone is 4. The van der Waals surface area contributed by atoms with Crippen LogP contribution in [0.2, 0.25) is 0 Å². The lowest BCUT2D eigenvalue weighted by Crippen LogP contribution is -2.51. The Bertz CT molecular complexity index is 1330. The molecule has 1 aromatic carbocycles. The van der Waals surface area contributed by atoms with Crippen LogP contribution in [0.1, 0.15) is 91.0 Å². The zero-order valence-corrected chi connectivity index (χ0v) is 23.0. The Kier molecular flexibility index (Phi) is 5.97. The second-order valence-corrected chi connectivity index (χ2v) is 15.2. The molecule has 0 spiro atoms. The van der Waals surface area contributed by atoms with Crippen LogP contribution in [0.3, 0.4) is 0 Å². The number of ketones is 1. The van der Waals surface area contributed by atoms with Crippen molar-refractivity contribution in [3.05, 3.63) is 52.6 Å². The summed E-state index contributed by atoms with van der Waals surface area (Å²) in [6, 6.07) is 7.45. The first-order valence-corrected chi connectivity index (χ1v) is 14.8. The molecule has 0 unspecified atom stereocenters. The van der Waals surface area contributed by atoms with Gasteiger partial charge >= 0.3 is 0 Å². The molecule has 4 nitrogen and oxygen atoms in total. The molecule has 5 atom stereocenters. The van der Waals surface area contributed by atoms with Crippen molar-refractivity contribution in [3.8, 4) is 11.8 Å². The molecular formula is C31H38O4S. The molecule has 4 aliphatic rings. The Labute approximate surface area is 216 Å². The zero-order valence-electron chi connectivity index (χ0n) is 22.1. The van der Waals surface area contributed by atoms with Crippen LogP contribution in [0.15, 0.2) is 52.0 Å². The normalized spacial score (nSPS) is 34.2. The largest absolute Gasteiger partial charge is 0.377 e. The van der Waals surface area contributed by atoms with Crippen molar-refractivity contribution in [3.63, 3.8) is 0 Å². The molecule has 0 aromatic heterocycles. The van der Waals surface area contributed by atoms with Gasteiger partial charge in [0.1, 0.15) is 5.60 Å². The minimum atomic E-state index is -3.44. The summed E-state index contributed by atoms with van der Waals surface area (Å²) in [6.45, 7) is 9.20. The van der Waals surface area contributed by atoms with Gasteiger partial charge in [0.25, 0.3) is 0 Å². The van der Waals surface area contributed by atoms with E-state index in [1.807, 2.05) is 18.2 Å². The number of carbonyl (C=O) groups is 1. The van der Waals surface area contributed by atoms with Gasteiger partial charge in [-0.2, -0.15) is 0 Å². The van der Waals surface area contributed by atoms with Crippen LogP contribution in [0, 0.1) is 29.1 Å². The lowest BCUT2D eigenvalue weighted by atomic mass is 9.51. The molecule has 4 aliphatic carbocycles. The lowest BCUT2D eigenvalue weighted by molar-refractivity contribution is -0.114. The average Bonchev–Trinajstić information content (AvgIpc) is 3.08. The van der Waals surface area contributed by atoms with E-state index in [-0.39, 0.29) is 17.1 Å². The van der Waals surface area contributed by atoms with E-state index < -0.39 is 20.2 Å². The van der Waals surface area contributed by atoms with Gasteiger partial charge in [0.15, 0.2) is 15.6 Å². The first-order valence-electron chi connectivity index (χ1n) is 13.3. The highest BCUT2D eigenvalue weighted by Gasteiger charge is 2.62. The minimum Gasteiger partial charge on any atom is -0.377 e. The molecule has 0 saturated heterocycles. The summed E-state index contributed by atoms with van der Waals surface area (Å²) in [5.74, 6) is 7.17. The molecule has 36 heavy (non-hydrogen) atoms. The van der Waals surface area contributed by atoms with Crippen LogP contribution in [-0.4, -0.2) is 29.7 Å². The van der Waals surface area contributed by atoms with Gasteiger partial charge in [-0.05, 0) is 113 Å². The fraction of sp³-hybridized carbons (Fsp3) is 0.581. The number of aliphatic hydroxyl groups is 1. The highest BCUT2D eigenvalue weighted by molar-refractivity contribution is 7.92. The molecule has 192 valence electrons. The van der Waals surface area contributed by atoms with E-state index in [0.29, 0.717) is 29.6 Å². The molecule has 2 saturated carbocycles. The summed E-state index contributed by atoms with van der Waals surface area (Å²) in [6.07, 6.45) is 7.51. The minimum absolute atomic E-state index is 0.0674. The number of benzene rings is 1. The van der Waals surface area contributed by atoms with Gasteiger partial charge in [0.05, 0.1) is 9.64 Å². The van der Waals surface area contributed by atoms with Gasteiger partial charge in [-0.3, -0.25) is 4.79 Å². The lowest BCUT2D eigenvalue weighted by Gasteiger charge is -2.53. The van der Waals surface area contributed by atoms with Crippen LogP contribution in [0.5, 0.6) is 0 Å². The first-order chi connectivity index (χ1) is 16.8. The van der Waals surface area contributed by atoms with Crippen LogP contribution in [-0.2, 0) is 14.6 Å². The molecule has 0 heterocycles. The van der Waals surface area contributed by atoms with Crippen molar-refractivity contribution in [1.82, 2.24) is 0 Å². The predicted octanol–water partition coefficient (Wildman–Crippen LogP) is 5.91. The highest BCUT2D eigenvalue weighted by Crippen LogP contribution is 2.66. The van der Waals surface area contributed by atoms with Gasteiger partial charge < -0.3 is 5.11 Å². The van der Waals surface area contributed by atoms with E-state index in [2.05, 4.69) is 18.8 Å². The zero-order chi connectivity index (χ0) is 26.1. The Morgan fingerprint density at radius 2 is 1.75 bits per heavy atom. The van der Waals surface area contributed by atoms with E-state index in [0.717, 1.165) is 37.7 Å². The van der Waals surface area contributed by atoms with Crippen LogP contribution in [0.25, 0.3) is 0 Å². The third-order valence-corrected chi connectivity index (χ3v) is 12.1. The van der Waals surface area contributed by atoms with Crippen molar-refractivity contribution in [2.24, 2.45) is 17.3 Å². The Balaban J connectivity index is 1.66. The topological polar surface area (TPSA) is 71.4 Å². The summed E-state index contributed by atoms with van der Waals surface area (Å²) in [7, 11) is -3.44. The van der Waals surface area contributed by atoms with E-state index in [9.17, 15) is 18.3 Å². The maximum atomic E-state index is 13.0. The van der Waals surface area contributed by atoms with Crippen molar-refractivity contribution >= 4 is 15.6 Å². The maximum Gasteiger partial charge on any atom is 0.183 e. The second-order valence-electron chi connectivity index (χ2n) is 12.5.